The number of rotatable bonds is 4. The number of furan rings is 1. The van der Waals surface area contributed by atoms with Gasteiger partial charge in [0.05, 0.1) is 0 Å². The molecule has 98 valence electrons. The number of allylic oxidation sites excluding steroid dienone is 1. The predicted molar refractivity (Wildman–Crippen MR) is 75.2 cm³/mol. The first-order valence-electron chi connectivity index (χ1n) is 6.34. The number of thioether (sulfide) groups is 1. The molecule has 1 aliphatic rings. The first kappa shape index (κ1) is 13.3. The maximum Gasteiger partial charge on any atom is 0.229 e. The van der Waals surface area contributed by atoms with E-state index < -0.39 is 0 Å². The molecule has 0 atom stereocenters. The fourth-order valence-corrected chi connectivity index (χ4v) is 2.61. The number of nitrogens with zero attached hydrogens (tertiary/aromatic N) is 1. The molecule has 1 aliphatic heterocycles. The summed E-state index contributed by atoms with van der Waals surface area (Å²) < 4.78 is 5.79. The Bertz CT molecular complexity index is 439. The number of anilines is 1. The second-order valence-corrected chi connectivity index (χ2v) is 5.24. The van der Waals surface area contributed by atoms with Gasteiger partial charge < -0.3 is 4.42 Å². The standard InChI is InChI=1S/C14H19NO2S/c1-3-4-8-12(16)15-9-6-5-7-11-10-13(18-2)17-14(11)15/h3,10H,1,4-9H2,2H3. The summed E-state index contributed by atoms with van der Waals surface area (Å²) in [6.45, 7) is 4.43. The number of carbonyl (C=O) groups is 1. The average Bonchev–Trinajstić information content (AvgIpc) is 2.69. The summed E-state index contributed by atoms with van der Waals surface area (Å²) in [6, 6.07) is 2.07. The van der Waals surface area contributed by atoms with E-state index in [-0.39, 0.29) is 5.91 Å². The number of carbonyl (C=O) groups excluding carboxylic acids is 1. The molecule has 0 fully saturated rings. The van der Waals surface area contributed by atoms with E-state index in [2.05, 4.69) is 12.6 Å². The van der Waals surface area contributed by atoms with E-state index in [9.17, 15) is 4.79 Å². The third kappa shape index (κ3) is 2.80. The minimum Gasteiger partial charge on any atom is -0.434 e. The zero-order chi connectivity index (χ0) is 13.0. The summed E-state index contributed by atoms with van der Waals surface area (Å²) in [6.07, 6.45) is 8.17. The topological polar surface area (TPSA) is 33.5 Å². The molecule has 0 saturated heterocycles. The SMILES string of the molecule is C=CCCC(=O)N1CCCCc2cc(SC)oc21. The van der Waals surface area contributed by atoms with Gasteiger partial charge in [-0.3, -0.25) is 9.69 Å². The normalized spacial score (nSPS) is 15.1. The van der Waals surface area contributed by atoms with Gasteiger partial charge in [0.15, 0.2) is 5.09 Å². The molecule has 18 heavy (non-hydrogen) atoms. The Hall–Kier alpha value is -1.16. The van der Waals surface area contributed by atoms with Gasteiger partial charge >= 0.3 is 0 Å². The molecule has 2 rings (SSSR count). The van der Waals surface area contributed by atoms with Crippen molar-refractivity contribution in [2.75, 3.05) is 17.7 Å². The highest BCUT2D eigenvalue weighted by Gasteiger charge is 2.24. The molecule has 0 aromatic carbocycles. The van der Waals surface area contributed by atoms with Crippen molar-refractivity contribution < 1.29 is 9.21 Å². The number of fused-ring (bicyclic) bond motifs is 1. The molecule has 4 heteroatoms. The zero-order valence-electron chi connectivity index (χ0n) is 10.8. The van der Waals surface area contributed by atoms with E-state index in [4.69, 9.17) is 4.42 Å². The molecular formula is C14H19NO2S. The van der Waals surface area contributed by atoms with Gasteiger partial charge in [0.1, 0.15) is 0 Å². The maximum atomic E-state index is 12.2. The molecule has 1 aromatic heterocycles. The molecule has 2 heterocycles. The summed E-state index contributed by atoms with van der Waals surface area (Å²) in [5, 5.41) is 0.892. The van der Waals surface area contributed by atoms with Crippen LogP contribution in [-0.4, -0.2) is 18.7 Å². The van der Waals surface area contributed by atoms with Gasteiger partial charge in [-0.15, -0.1) is 6.58 Å². The minimum atomic E-state index is 0.139. The molecule has 0 spiro atoms. The Morgan fingerprint density at radius 2 is 2.44 bits per heavy atom. The lowest BCUT2D eigenvalue weighted by molar-refractivity contribution is -0.118. The van der Waals surface area contributed by atoms with Crippen molar-refractivity contribution in [3.8, 4) is 0 Å². The monoisotopic (exact) mass is 265 g/mol. The molecule has 0 aliphatic carbocycles. The first-order chi connectivity index (χ1) is 8.76. The van der Waals surface area contributed by atoms with Gasteiger partial charge in [-0.2, -0.15) is 0 Å². The number of hydrogen-bond acceptors (Lipinski definition) is 3. The Labute approximate surface area is 112 Å². The van der Waals surface area contributed by atoms with Crippen molar-refractivity contribution in [2.45, 2.75) is 37.2 Å². The zero-order valence-corrected chi connectivity index (χ0v) is 11.6. The highest BCUT2D eigenvalue weighted by Crippen LogP contribution is 2.33. The van der Waals surface area contributed by atoms with Crippen LogP contribution in [0.25, 0.3) is 0 Å². The van der Waals surface area contributed by atoms with Gasteiger partial charge in [-0.05, 0) is 38.0 Å². The quantitative estimate of drug-likeness (QED) is 0.615. The van der Waals surface area contributed by atoms with E-state index in [1.54, 1.807) is 17.8 Å². The third-order valence-electron chi connectivity index (χ3n) is 3.15. The van der Waals surface area contributed by atoms with Crippen LogP contribution in [0.4, 0.5) is 5.88 Å². The van der Waals surface area contributed by atoms with Gasteiger partial charge in [0.2, 0.25) is 11.8 Å². The third-order valence-corrected chi connectivity index (χ3v) is 3.76. The van der Waals surface area contributed by atoms with Crippen molar-refractivity contribution in [3.63, 3.8) is 0 Å². The van der Waals surface area contributed by atoms with Gasteiger partial charge in [0.25, 0.3) is 0 Å². The average molecular weight is 265 g/mol. The number of aryl methyl sites for hydroxylation is 1. The Morgan fingerprint density at radius 3 is 3.17 bits per heavy atom. The van der Waals surface area contributed by atoms with Crippen LogP contribution in [0.5, 0.6) is 0 Å². The highest BCUT2D eigenvalue weighted by molar-refractivity contribution is 7.98. The van der Waals surface area contributed by atoms with Crippen LogP contribution in [0.15, 0.2) is 28.2 Å². The van der Waals surface area contributed by atoms with Crippen molar-refractivity contribution in [3.05, 3.63) is 24.3 Å². The Kier molecular flexibility index (Phi) is 4.53. The van der Waals surface area contributed by atoms with Crippen LogP contribution in [0.3, 0.4) is 0 Å². The van der Waals surface area contributed by atoms with E-state index in [0.717, 1.165) is 43.2 Å². The van der Waals surface area contributed by atoms with Gasteiger partial charge in [0, 0.05) is 18.5 Å². The molecule has 1 amide bonds. The largest absolute Gasteiger partial charge is 0.434 e. The number of amides is 1. The summed E-state index contributed by atoms with van der Waals surface area (Å²) in [5.74, 6) is 0.908. The molecule has 0 radical (unpaired) electrons. The number of hydrogen-bond donors (Lipinski definition) is 0. The van der Waals surface area contributed by atoms with Crippen LogP contribution < -0.4 is 4.90 Å². The summed E-state index contributed by atoms with van der Waals surface area (Å²) in [4.78, 5) is 14.0. The summed E-state index contributed by atoms with van der Waals surface area (Å²) in [5.41, 5.74) is 1.17. The van der Waals surface area contributed by atoms with Crippen molar-refractivity contribution in [1.82, 2.24) is 0 Å². The fraction of sp³-hybridized carbons (Fsp3) is 0.500. The molecule has 3 nitrogen and oxygen atoms in total. The highest BCUT2D eigenvalue weighted by atomic mass is 32.2. The molecule has 0 N–H and O–H groups in total. The second kappa shape index (κ2) is 6.14. The van der Waals surface area contributed by atoms with Crippen molar-refractivity contribution in [1.29, 1.82) is 0 Å². The van der Waals surface area contributed by atoms with Crippen LogP contribution in [0, 0.1) is 0 Å². The second-order valence-electron chi connectivity index (χ2n) is 4.43. The molecular weight excluding hydrogens is 246 g/mol. The van der Waals surface area contributed by atoms with E-state index in [1.807, 2.05) is 11.2 Å². The molecule has 0 saturated carbocycles. The van der Waals surface area contributed by atoms with Crippen LogP contribution >= 0.6 is 11.8 Å². The minimum absolute atomic E-state index is 0.139. The summed E-state index contributed by atoms with van der Waals surface area (Å²) in [7, 11) is 0. The van der Waals surface area contributed by atoms with Crippen LogP contribution in [-0.2, 0) is 11.2 Å². The first-order valence-corrected chi connectivity index (χ1v) is 7.56. The van der Waals surface area contributed by atoms with Gasteiger partial charge in [-0.25, -0.2) is 0 Å². The lowest BCUT2D eigenvalue weighted by Crippen LogP contribution is -2.31. The van der Waals surface area contributed by atoms with E-state index in [1.165, 1.54) is 5.56 Å². The van der Waals surface area contributed by atoms with E-state index in [0.29, 0.717) is 6.42 Å². The van der Waals surface area contributed by atoms with Crippen molar-refractivity contribution >= 4 is 23.6 Å². The Morgan fingerprint density at radius 1 is 1.61 bits per heavy atom. The fourth-order valence-electron chi connectivity index (χ4n) is 2.19. The van der Waals surface area contributed by atoms with Gasteiger partial charge in [-0.1, -0.05) is 17.8 Å². The Balaban J connectivity index is 2.22. The molecule has 0 unspecified atom stereocenters. The van der Waals surface area contributed by atoms with E-state index >= 15 is 0 Å². The maximum absolute atomic E-state index is 12.2. The predicted octanol–water partition coefficient (Wildman–Crippen LogP) is 3.64. The lowest BCUT2D eigenvalue weighted by Gasteiger charge is -2.18. The lowest BCUT2D eigenvalue weighted by atomic mass is 10.2. The molecule has 0 bridgehead atoms. The van der Waals surface area contributed by atoms with Crippen molar-refractivity contribution in [2.24, 2.45) is 0 Å². The smallest absolute Gasteiger partial charge is 0.229 e. The molecule has 1 aromatic rings. The van der Waals surface area contributed by atoms with Crippen LogP contribution in [0.1, 0.15) is 31.2 Å². The summed E-state index contributed by atoms with van der Waals surface area (Å²) >= 11 is 1.58. The van der Waals surface area contributed by atoms with Crippen LogP contribution in [0.2, 0.25) is 0 Å².